The number of rotatable bonds is 3. The highest BCUT2D eigenvalue weighted by Gasteiger charge is 2.29. The maximum absolute atomic E-state index is 11.9. The summed E-state index contributed by atoms with van der Waals surface area (Å²) in [6.07, 6.45) is 0. The van der Waals surface area contributed by atoms with Crippen LogP contribution in [0.3, 0.4) is 0 Å². The molecular weight excluding hydrogens is 214 g/mol. The number of amides is 2. The number of likely N-dealkylation sites (N-methyl/N-ethyl adjacent to an activating group) is 1. The Morgan fingerprint density at radius 3 is 2.88 bits per heavy atom. The van der Waals surface area contributed by atoms with Crippen molar-refractivity contribution in [1.82, 2.24) is 10.6 Å². The first-order valence-corrected chi connectivity index (χ1v) is 5.91. The van der Waals surface area contributed by atoms with Crippen molar-refractivity contribution >= 4 is 11.7 Å². The van der Waals surface area contributed by atoms with E-state index in [9.17, 15) is 4.79 Å². The summed E-state index contributed by atoms with van der Waals surface area (Å²) in [5, 5.41) is 6.05. The molecule has 1 atom stereocenters. The Kier molecular flexibility index (Phi) is 3.33. The zero-order valence-electron chi connectivity index (χ0n) is 10.6. The Morgan fingerprint density at radius 2 is 2.24 bits per heavy atom. The predicted molar refractivity (Wildman–Crippen MR) is 69.5 cm³/mol. The third-order valence-corrected chi connectivity index (χ3v) is 3.07. The molecule has 0 aliphatic carbocycles. The fraction of sp³-hybridized carbons (Fsp3) is 0.462. The van der Waals surface area contributed by atoms with E-state index in [0.717, 1.165) is 24.3 Å². The van der Waals surface area contributed by atoms with Gasteiger partial charge < -0.3 is 10.6 Å². The molecule has 1 fully saturated rings. The fourth-order valence-electron chi connectivity index (χ4n) is 2.28. The molecule has 2 amide bonds. The molecule has 1 aromatic carbocycles. The van der Waals surface area contributed by atoms with Crippen LogP contribution in [-0.4, -0.2) is 32.2 Å². The van der Waals surface area contributed by atoms with Crippen molar-refractivity contribution < 1.29 is 4.79 Å². The van der Waals surface area contributed by atoms with Crippen molar-refractivity contribution in [3.8, 4) is 0 Å². The van der Waals surface area contributed by atoms with Gasteiger partial charge in [0.25, 0.3) is 0 Å². The van der Waals surface area contributed by atoms with Crippen molar-refractivity contribution in [2.24, 2.45) is 0 Å². The molecule has 0 bridgehead atoms. The summed E-state index contributed by atoms with van der Waals surface area (Å²) in [5.74, 6) is 0. The quantitative estimate of drug-likeness (QED) is 0.829. The Hall–Kier alpha value is -1.55. The second-order valence-corrected chi connectivity index (χ2v) is 4.60. The molecule has 1 aliphatic heterocycles. The monoisotopic (exact) mass is 233 g/mol. The van der Waals surface area contributed by atoms with E-state index in [1.54, 1.807) is 0 Å². The summed E-state index contributed by atoms with van der Waals surface area (Å²) in [6.45, 7) is 5.63. The minimum absolute atomic E-state index is 0.00259. The molecule has 1 aliphatic rings. The lowest BCUT2D eigenvalue weighted by Gasteiger charge is -2.17. The van der Waals surface area contributed by atoms with Gasteiger partial charge in [0.2, 0.25) is 0 Å². The van der Waals surface area contributed by atoms with E-state index in [2.05, 4.69) is 23.6 Å². The molecule has 1 unspecified atom stereocenters. The van der Waals surface area contributed by atoms with Gasteiger partial charge in [0.05, 0.1) is 6.04 Å². The van der Waals surface area contributed by atoms with Gasteiger partial charge in [0.15, 0.2) is 0 Å². The number of carbonyl (C=O) groups excluding carboxylic acids is 1. The standard InChI is InChI=1S/C13H19N3O/c1-9-4-5-12(10(2)6-9)16-8-11(7-14-3)15-13(16)17/h4-6,11,14H,7-8H2,1-3H3,(H,15,17). The van der Waals surface area contributed by atoms with E-state index in [0.29, 0.717) is 0 Å². The average molecular weight is 233 g/mol. The highest BCUT2D eigenvalue weighted by molar-refractivity contribution is 5.95. The lowest BCUT2D eigenvalue weighted by molar-refractivity contribution is 0.250. The SMILES string of the molecule is CNCC1CN(c2ccc(C)cc2C)C(=O)N1. The third-order valence-electron chi connectivity index (χ3n) is 3.07. The van der Waals surface area contributed by atoms with Crippen LogP contribution in [0, 0.1) is 13.8 Å². The predicted octanol–water partition coefficient (Wildman–Crippen LogP) is 1.42. The Balaban J connectivity index is 2.20. The number of hydrogen-bond acceptors (Lipinski definition) is 2. The maximum Gasteiger partial charge on any atom is 0.322 e. The Bertz CT molecular complexity index is 431. The number of nitrogens with zero attached hydrogens (tertiary/aromatic N) is 1. The van der Waals surface area contributed by atoms with Crippen LogP contribution in [0.25, 0.3) is 0 Å². The molecule has 1 saturated heterocycles. The van der Waals surface area contributed by atoms with Crippen LogP contribution in [0.2, 0.25) is 0 Å². The topological polar surface area (TPSA) is 44.4 Å². The van der Waals surface area contributed by atoms with Gasteiger partial charge in [-0.3, -0.25) is 4.90 Å². The van der Waals surface area contributed by atoms with Gasteiger partial charge in [0.1, 0.15) is 0 Å². The summed E-state index contributed by atoms with van der Waals surface area (Å²) < 4.78 is 0. The maximum atomic E-state index is 11.9. The summed E-state index contributed by atoms with van der Waals surface area (Å²) in [4.78, 5) is 13.7. The summed E-state index contributed by atoms with van der Waals surface area (Å²) in [7, 11) is 1.89. The van der Waals surface area contributed by atoms with Gasteiger partial charge in [-0.25, -0.2) is 4.79 Å². The first-order valence-electron chi connectivity index (χ1n) is 5.91. The van der Waals surface area contributed by atoms with Crippen molar-refractivity contribution in [2.75, 3.05) is 25.0 Å². The van der Waals surface area contributed by atoms with Crippen LogP contribution in [0.15, 0.2) is 18.2 Å². The van der Waals surface area contributed by atoms with Crippen LogP contribution < -0.4 is 15.5 Å². The van der Waals surface area contributed by atoms with Gasteiger partial charge in [-0.05, 0) is 32.5 Å². The fourth-order valence-corrected chi connectivity index (χ4v) is 2.28. The normalized spacial score (nSPS) is 19.6. The zero-order valence-corrected chi connectivity index (χ0v) is 10.6. The lowest BCUT2D eigenvalue weighted by Crippen LogP contribution is -2.35. The molecule has 4 heteroatoms. The van der Waals surface area contributed by atoms with Crippen LogP contribution in [0.1, 0.15) is 11.1 Å². The van der Waals surface area contributed by atoms with Crippen molar-refractivity contribution in [1.29, 1.82) is 0 Å². The smallest absolute Gasteiger partial charge is 0.322 e. The molecule has 0 saturated carbocycles. The molecule has 0 spiro atoms. The number of nitrogens with one attached hydrogen (secondary N) is 2. The summed E-state index contributed by atoms with van der Waals surface area (Å²) >= 11 is 0. The molecular formula is C13H19N3O. The van der Waals surface area contributed by atoms with Crippen LogP contribution in [0.5, 0.6) is 0 Å². The molecule has 1 aromatic rings. The Morgan fingerprint density at radius 1 is 1.47 bits per heavy atom. The number of urea groups is 1. The van der Waals surface area contributed by atoms with Gasteiger partial charge in [-0.1, -0.05) is 17.7 Å². The van der Waals surface area contributed by atoms with E-state index >= 15 is 0 Å². The van der Waals surface area contributed by atoms with Crippen LogP contribution in [-0.2, 0) is 0 Å². The minimum Gasteiger partial charge on any atom is -0.332 e. The largest absolute Gasteiger partial charge is 0.332 e. The van der Waals surface area contributed by atoms with E-state index < -0.39 is 0 Å². The highest BCUT2D eigenvalue weighted by Crippen LogP contribution is 2.23. The first kappa shape index (κ1) is 11.9. The minimum atomic E-state index is -0.00259. The number of aryl methyl sites for hydroxylation is 2. The number of hydrogen-bond donors (Lipinski definition) is 2. The molecule has 2 N–H and O–H groups in total. The van der Waals surface area contributed by atoms with E-state index in [1.165, 1.54) is 5.56 Å². The second-order valence-electron chi connectivity index (χ2n) is 4.60. The average Bonchev–Trinajstić information content (AvgIpc) is 2.60. The van der Waals surface area contributed by atoms with Gasteiger partial charge in [0, 0.05) is 18.8 Å². The molecule has 0 radical (unpaired) electrons. The highest BCUT2D eigenvalue weighted by atomic mass is 16.2. The van der Waals surface area contributed by atoms with Crippen LogP contribution >= 0.6 is 0 Å². The molecule has 1 heterocycles. The summed E-state index contributed by atoms with van der Waals surface area (Å²) in [6, 6.07) is 6.35. The Labute approximate surface area is 102 Å². The van der Waals surface area contributed by atoms with Crippen molar-refractivity contribution in [3.05, 3.63) is 29.3 Å². The summed E-state index contributed by atoms with van der Waals surface area (Å²) in [5.41, 5.74) is 3.37. The van der Waals surface area contributed by atoms with E-state index in [-0.39, 0.29) is 12.1 Å². The van der Waals surface area contributed by atoms with Crippen molar-refractivity contribution in [2.45, 2.75) is 19.9 Å². The first-order chi connectivity index (χ1) is 8.11. The molecule has 2 rings (SSSR count). The molecule has 17 heavy (non-hydrogen) atoms. The molecule has 92 valence electrons. The lowest BCUT2D eigenvalue weighted by atomic mass is 10.1. The zero-order chi connectivity index (χ0) is 12.4. The van der Waals surface area contributed by atoms with Gasteiger partial charge in [-0.15, -0.1) is 0 Å². The number of anilines is 1. The second kappa shape index (κ2) is 4.75. The molecule has 0 aromatic heterocycles. The third kappa shape index (κ3) is 2.42. The number of carbonyl (C=O) groups is 1. The number of benzene rings is 1. The van der Waals surface area contributed by atoms with Crippen molar-refractivity contribution in [3.63, 3.8) is 0 Å². The molecule has 4 nitrogen and oxygen atoms in total. The van der Waals surface area contributed by atoms with E-state index in [4.69, 9.17) is 0 Å². The van der Waals surface area contributed by atoms with Crippen LogP contribution in [0.4, 0.5) is 10.5 Å². The van der Waals surface area contributed by atoms with E-state index in [1.807, 2.05) is 31.0 Å². The van der Waals surface area contributed by atoms with Gasteiger partial charge in [-0.2, -0.15) is 0 Å². The van der Waals surface area contributed by atoms with Gasteiger partial charge >= 0.3 is 6.03 Å².